The van der Waals surface area contributed by atoms with Crippen molar-refractivity contribution in [2.45, 2.75) is 33.2 Å². The summed E-state index contributed by atoms with van der Waals surface area (Å²) in [7, 11) is 1.54. The molecule has 0 amide bonds. The lowest BCUT2D eigenvalue weighted by Gasteiger charge is -2.06. The van der Waals surface area contributed by atoms with E-state index in [0.29, 0.717) is 37.6 Å². The molecule has 0 aliphatic carbocycles. The van der Waals surface area contributed by atoms with Gasteiger partial charge in [-0.1, -0.05) is 6.92 Å². The van der Waals surface area contributed by atoms with Crippen LogP contribution in [0.1, 0.15) is 37.2 Å². The molecule has 0 aromatic carbocycles. The highest BCUT2D eigenvalue weighted by Crippen LogP contribution is 2.19. The van der Waals surface area contributed by atoms with E-state index in [1.807, 2.05) is 13.8 Å². The number of nitrogens with zero attached hydrogens (tertiary/aromatic N) is 2. The van der Waals surface area contributed by atoms with Crippen molar-refractivity contribution in [3.63, 3.8) is 0 Å². The quantitative estimate of drug-likeness (QED) is 0.514. The number of ether oxygens (including phenoxy) is 2. The Balaban J connectivity index is 2.63. The van der Waals surface area contributed by atoms with Crippen molar-refractivity contribution < 1.29 is 14.3 Å². The van der Waals surface area contributed by atoms with E-state index in [1.165, 1.54) is 0 Å². The summed E-state index contributed by atoms with van der Waals surface area (Å²) in [5.74, 6) is 0.546. The van der Waals surface area contributed by atoms with Crippen LogP contribution in [-0.4, -0.2) is 35.9 Å². The van der Waals surface area contributed by atoms with Crippen LogP contribution < -0.4 is 4.74 Å². The smallest absolute Gasteiger partial charge is 0.186 e. The highest BCUT2D eigenvalue weighted by atomic mass is 16.5. The lowest BCUT2D eigenvalue weighted by Crippen LogP contribution is -2.13. The average Bonchev–Trinajstić information content (AvgIpc) is 2.77. The van der Waals surface area contributed by atoms with Crippen LogP contribution in [0.2, 0.25) is 0 Å². The molecule has 0 aliphatic rings. The third-order valence-electron chi connectivity index (χ3n) is 2.41. The van der Waals surface area contributed by atoms with Crippen LogP contribution in [0.5, 0.6) is 5.75 Å². The zero-order valence-electron chi connectivity index (χ0n) is 10.7. The molecule has 0 unspecified atom stereocenters. The molecule has 1 heterocycles. The van der Waals surface area contributed by atoms with E-state index in [1.54, 1.807) is 18.0 Å². The number of aromatic nitrogens is 2. The minimum Gasteiger partial charge on any atom is -0.493 e. The summed E-state index contributed by atoms with van der Waals surface area (Å²) >= 11 is 0. The van der Waals surface area contributed by atoms with Crippen molar-refractivity contribution in [3.8, 4) is 5.75 Å². The second-order valence-electron chi connectivity index (χ2n) is 3.66. The average molecular weight is 240 g/mol. The molecule has 0 atom stereocenters. The van der Waals surface area contributed by atoms with Crippen LogP contribution in [0.4, 0.5) is 0 Å². The van der Waals surface area contributed by atoms with E-state index in [9.17, 15) is 4.79 Å². The standard InChI is InChI=1S/C12H20N2O3/c1-4-7-17-8-6-10(15)12-11(16-3)9-13-14(12)5-2/h9H,4-8H2,1-3H3. The summed E-state index contributed by atoms with van der Waals surface area (Å²) in [5.41, 5.74) is 0.537. The molecule has 0 N–H and O–H groups in total. The first-order valence-electron chi connectivity index (χ1n) is 5.95. The highest BCUT2D eigenvalue weighted by molar-refractivity contribution is 5.97. The number of methoxy groups -OCH3 is 1. The summed E-state index contributed by atoms with van der Waals surface area (Å²) in [4.78, 5) is 12.0. The van der Waals surface area contributed by atoms with Gasteiger partial charge in [-0.05, 0) is 13.3 Å². The Morgan fingerprint density at radius 1 is 1.41 bits per heavy atom. The minimum absolute atomic E-state index is 0.0114. The summed E-state index contributed by atoms with van der Waals surface area (Å²) in [5, 5.41) is 4.10. The first-order valence-corrected chi connectivity index (χ1v) is 5.95. The van der Waals surface area contributed by atoms with E-state index >= 15 is 0 Å². The van der Waals surface area contributed by atoms with Gasteiger partial charge in [-0.15, -0.1) is 0 Å². The Morgan fingerprint density at radius 2 is 2.18 bits per heavy atom. The number of ketones is 1. The van der Waals surface area contributed by atoms with Crippen LogP contribution in [0, 0.1) is 0 Å². The summed E-state index contributed by atoms with van der Waals surface area (Å²) in [6.07, 6.45) is 2.90. The second-order valence-corrected chi connectivity index (χ2v) is 3.66. The van der Waals surface area contributed by atoms with E-state index < -0.39 is 0 Å². The fourth-order valence-corrected chi connectivity index (χ4v) is 1.57. The van der Waals surface area contributed by atoms with Crippen LogP contribution in [-0.2, 0) is 11.3 Å². The predicted octanol–water partition coefficient (Wildman–Crippen LogP) is 1.91. The molecular weight excluding hydrogens is 220 g/mol. The van der Waals surface area contributed by atoms with Crippen molar-refractivity contribution in [2.75, 3.05) is 20.3 Å². The van der Waals surface area contributed by atoms with Gasteiger partial charge in [0.25, 0.3) is 0 Å². The molecule has 0 bridgehead atoms. The Hall–Kier alpha value is -1.36. The molecule has 96 valence electrons. The molecule has 5 heteroatoms. The molecule has 0 radical (unpaired) electrons. The fraction of sp³-hybridized carbons (Fsp3) is 0.667. The number of Topliss-reactive ketones (excluding diaryl/α,β-unsaturated/α-hetero) is 1. The van der Waals surface area contributed by atoms with Crippen molar-refractivity contribution in [1.29, 1.82) is 0 Å². The van der Waals surface area contributed by atoms with Gasteiger partial charge in [0.1, 0.15) is 5.69 Å². The van der Waals surface area contributed by atoms with Crippen LogP contribution >= 0.6 is 0 Å². The maximum Gasteiger partial charge on any atom is 0.186 e. The maximum atomic E-state index is 12.0. The van der Waals surface area contributed by atoms with Crippen molar-refractivity contribution in [2.24, 2.45) is 0 Å². The summed E-state index contributed by atoms with van der Waals surface area (Å²) in [6.45, 7) is 5.77. The summed E-state index contributed by atoms with van der Waals surface area (Å²) < 4.78 is 12.1. The van der Waals surface area contributed by atoms with Gasteiger partial charge < -0.3 is 9.47 Å². The molecular formula is C12H20N2O3. The number of hydrogen-bond acceptors (Lipinski definition) is 4. The van der Waals surface area contributed by atoms with Gasteiger partial charge in [0.05, 0.1) is 19.9 Å². The molecule has 0 fully saturated rings. The molecule has 0 saturated carbocycles. The van der Waals surface area contributed by atoms with Gasteiger partial charge in [-0.3, -0.25) is 9.48 Å². The molecule has 0 saturated heterocycles. The highest BCUT2D eigenvalue weighted by Gasteiger charge is 2.18. The third kappa shape index (κ3) is 3.56. The minimum atomic E-state index is 0.0114. The van der Waals surface area contributed by atoms with E-state index in [0.717, 1.165) is 6.42 Å². The Bertz CT molecular complexity index is 339. The van der Waals surface area contributed by atoms with Crippen LogP contribution in [0.15, 0.2) is 6.20 Å². The van der Waals surface area contributed by atoms with E-state index in [2.05, 4.69) is 5.10 Å². The molecule has 0 aliphatic heterocycles. The lowest BCUT2D eigenvalue weighted by atomic mass is 10.2. The largest absolute Gasteiger partial charge is 0.493 e. The van der Waals surface area contributed by atoms with Crippen LogP contribution in [0.3, 0.4) is 0 Å². The monoisotopic (exact) mass is 240 g/mol. The van der Waals surface area contributed by atoms with Crippen LogP contribution in [0.25, 0.3) is 0 Å². The number of carbonyl (C=O) groups excluding carboxylic acids is 1. The van der Waals surface area contributed by atoms with Gasteiger partial charge >= 0.3 is 0 Å². The van der Waals surface area contributed by atoms with Gasteiger partial charge in [0.2, 0.25) is 0 Å². The number of carbonyl (C=O) groups is 1. The molecule has 0 spiro atoms. The lowest BCUT2D eigenvalue weighted by molar-refractivity contribution is 0.0866. The second kappa shape index (κ2) is 7.06. The Kier molecular flexibility index (Phi) is 5.69. The van der Waals surface area contributed by atoms with Gasteiger partial charge in [0, 0.05) is 19.6 Å². The summed E-state index contributed by atoms with van der Waals surface area (Å²) in [6, 6.07) is 0. The van der Waals surface area contributed by atoms with E-state index in [4.69, 9.17) is 9.47 Å². The first kappa shape index (κ1) is 13.7. The van der Waals surface area contributed by atoms with E-state index in [-0.39, 0.29) is 5.78 Å². The number of hydrogen-bond donors (Lipinski definition) is 0. The predicted molar refractivity (Wildman–Crippen MR) is 64.5 cm³/mol. The van der Waals surface area contributed by atoms with Gasteiger partial charge in [-0.2, -0.15) is 5.10 Å². The zero-order valence-corrected chi connectivity index (χ0v) is 10.7. The normalized spacial score (nSPS) is 10.5. The van der Waals surface area contributed by atoms with Crippen molar-refractivity contribution in [1.82, 2.24) is 9.78 Å². The van der Waals surface area contributed by atoms with Crippen molar-refractivity contribution >= 4 is 5.78 Å². The fourth-order valence-electron chi connectivity index (χ4n) is 1.57. The first-order chi connectivity index (χ1) is 8.24. The number of aryl methyl sites for hydroxylation is 1. The van der Waals surface area contributed by atoms with Gasteiger partial charge in [0.15, 0.2) is 11.5 Å². The molecule has 17 heavy (non-hydrogen) atoms. The molecule has 1 aromatic heterocycles. The molecule has 5 nitrogen and oxygen atoms in total. The molecule has 1 aromatic rings. The van der Waals surface area contributed by atoms with Gasteiger partial charge in [-0.25, -0.2) is 0 Å². The topological polar surface area (TPSA) is 53.4 Å². The molecule has 1 rings (SSSR count). The van der Waals surface area contributed by atoms with Crippen molar-refractivity contribution in [3.05, 3.63) is 11.9 Å². The zero-order chi connectivity index (χ0) is 12.7. The Labute approximate surface area is 102 Å². The maximum absolute atomic E-state index is 12.0. The Morgan fingerprint density at radius 3 is 2.76 bits per heavy atom. The third-order valence-corrected chi connectivity index (χ3v) is 2.41. The SMILES string of the molecule is CCCOCCC(=O)c1c(OC)cnn1CC. The number of rotatable bonds is 8.